The highest BCUT2D eigenvalue weighted by Crippen LogP contribution is 2.27. The smallest absolute Gasteiger partial charge is 0.264 e. The van der Waals surface area contributed by atoms with Gasteiger partial charge in [-0.2, -0.15) is 4.98 Å². The molecule has 7 nitrogen and oxygen atoms in total. The summed E-state index contributed by atoms with van der Waals surface area (Å²) in [7, 11) is 1.61. The average molecular weight is 380 g/mol. The van der Waals surface area contributed by atoms with Gasteiger partial charge in [-0.25, -0.2) is 0 Å². The lowest BCUT2D eigenvalue weighted by Crippen LogP contribution is -2.21. The third kappa shape index (κ3) is 4.68. The number of hydrogen-bond acceptors (Lipinski definition) is 5. The Morgan fingerprint density at radius 3 is 2.61 bits per heavy atom. The summed E-state index contributed by atoms with van der Waals surface area (Å²) < 4.78 is 10.9. The molecule has 146 valence electrons. The molecule has 0 bridgehead atoms. The van der Waals surface area contributed by atoms with Gasteiger partial charge in [-0.1, -0.05) is 26.0 Å². The number of benzene rings is 2. The van der Waals surface area contributed by atoms with Crippen LogP contribution in [0.25, 0.3) is 11.4 Å². The maximum Gasteiger partial charge on any atom is 0.264 e. The summed E-state index contributed by atoms with van der Waals surface area (Å²) in [6, 6.07) is 13.4. The first-order valence-corrected chi connectivity index (χ1v) is 9.06. The molecule has 1 aromatic heterocycles. The monoisotopic (exact) mass is 380 g/mol. The number of carbonyl (C=O) groups excluding carboxylic acids is 1. The topological polar surface area (TPSA) is 89.1 Å². The highest BCUT2D eigenvalue weighted by Gasteiger charge is 2.12. The quantitative estimate of drug-likeness (QED) is 0.648. The van der Waals surface area contributed by atoms with Crippen LogP contribution in [0, 0.1) is 6.92 Å². The van der Waals surface area contributed by atoms with Gasteiger partial charge in [0.05, 0.1) is 7.11 Å². The maximum atomic E-state index is 12.2. The van der Waals surface area contributed by atoms with E-state index in [1.165, 1.54) is 0 Å². The lowest BCUT2D eigenvalue weighted by Gasteiger charge is -2.14. The molecule has 7 heteroatoms. The van der Waals surface area contributed by atoms with Crippen LogP contribution >= 0.6 is 0 Å². The Hall–Kier alpha value is -3.35. The fourth-order valence-corrected chi connectivity index (χ4v) is 2.74. The van der Waals surface area contributed by atoms with Gasteiger partial charge in [0.25, 0.3) is 5.91 Å². The zero-order chi connectivity index (χ0) is 20.1. The molecule has 1 amide bonds. The number of aryl methyl sites for hydroxylation is 1. The molecular formula is C21H24N4O3. The number of carbonyl (C=O) groups is 1. The van der Waals surface area contributed by atoms with Gasteiger partial charge in [0.2, 0.25) is 5.95 Å². The minimum absolute atomic E-state index is 0.115. The highest BCUT2D eigenvalue weighted by molar-refractivity contribution is 5.90. The first-order valence-electron chi connectivity index (χ1n) is 9.06. The van der Waals surface area contributed by atoms with E-state index in [-0.39, 0.29) is 18.5 Å². The van der Waals surface area contributed by atoms with Crippen molar-refractivity contribution in [2.45, 2.75) is 26.7 Å². The van der Waals surface area contributed by atoms with Crippen molar-refractivity contribution in [3.05, 3.63) is 53.6 Å². The molecule has 3 rings (SSSR count). The number of H-pyrrole nitrogens is 1. The molecule has 0 saturated heterocycles. The molecule has 0 aliphatic heterocycles. The van der Waals surface area contributed by atoms with Crippen molar-refractivity contribution >= 4 is 11.9 Å². The second kappa shape index (κ2) is 8.56. The van der Waals surface area contributed by atoms with Crippen LogP contribution in [-0.2, 0) is 4.79 Å². The molecule has 0 spiro atoms. The molecule has 0 saturated carbocycles. The lowest BCUT2D eigenvalue weighted by molar-refractivity contribution is -0.118. The van der Waals surface area contributed by atoms with E-state index >= 15 is 0 Å². The first kappa shape index (κ1) is 19.4. The molecule has 2 aromatic carbocycles. The average Bonchev–Trinajstić information content (AvgIpc) is 3.14. The van der Waals surface area contributed by atoms with E-state index in [2.05, 4.69) is 34.3 Å². The first-order chi connectivity index (χ1) is 13.5. The Balaban J connectivity index is 1.61. The number of aromatic amines is 1. The Bertz CT molecular complexity index is 949. The van der Waals surface area contributed by atoms with Gasteiger partial charge in [-0.3, -0.25) is 15.2 Å². The Morgan fingerprint density at radius 1 is 1.18 bits per heavy atom. The predicted octanol–water partition coefficient (Wildman–Crippen LogP) is 3.93. The molecule has 0 atom stereocenters. The molecule has 0 fully saturated rings. The summed E-state index contributed by atoms with van der Waals surface area (Å²) in [4.78, 5) is 16.5. The Kier molecular flexibility index (Phi) is 5.93. The minimum atomic E-state index is -0.323. The number of amides is 1. The van der Waals surface area contributed by atoms with E-state index in [1.54, 1.807) is 7.11 Å². The number of aromatic nitrogens is 3. The van der Waals surface area contributed by atoms with Crippen LogP contribution < -0.4 is 14.8 Å². The van der Waals surface area contributed by atoms with Crippen molar-refractivity contribution < 1.29 is 14.3 Å². The van der Waals surface area contributed by atoms with E-state index in [4.69, 9.17) is 9.47 Å². The van der Waals surface area contributed by atoms with Gasteiger partial charge >= 0.3 is 0 Å². The molecule has 0 radical (unpaired) electrons. The Morgan fingerprint density at radius 2 is 1.93 bits per heavy atom. The molecule has 28 heavy (non-hydrogen) atoms. The van der Waals surface area contributed by atoms with E-state index in [0.717, 1.165) is 28.2 Å². The van der Waals surface area contributed by atoms with Crippen molar-refractivity contribution in [3.8, 4) is 22.9 Å². The van der Waals surface area contributed by atoms with Crippen molar-refractivity contribution in [1.29, 1.82) is 0 Å². The normalized spacial score (nSPS) is 10.8. The van der Waals surface area contributed by atoms with Gasteiger partial charge in [-0.05, 0) is 54.3 Å². The maximum absolute atomic E-state index is 12.2. The number of anilines is 1. The van der Waals surface area contributed by atoms with Crippen molar-refractivity contribution in [3.63, 3.8) is 0 Å². The zero-order valence-corrected chi connectivity index (χ0v) is 16.4. The number of rotatable bonds is 7. The highest BCUT2D eigenvalue weighted by atomic mass is 16.5. The van der Waals surface area contributed by atoms with E-state index in [0.29, 0.717) is 11.7 Å². The van der Waals surface area contributed by atoms with Crippen LogP contribution in [0.2, 0.25) is 0 Å². The van der Waals surface area contributed by atoms with E-state index < -0.39 is 0 Å². The largest absolute Gasteiger partial charge is 0.497 e. The fourth-order valence-electron chi connectivity index (χ4n) is 2.74. The summed E-state index contributed by atoms with van der Waals surface area (Å²) in [5.41, 5.74) is 2.99. The molecule has 1 heterocycles. The van der Waals surface area contributed by atoms with Crippen LogP contribution in [0.3, 0.4) is 0 Å². The van der Waals surface area contributed by atoms with E-state index in [9.17, 15) is 4.79 Å². The lowest BCUT2D eigenvalue weighted by atomic mass is 10.0. The molecule has 3 aromatic rings. The van der Waals surface area contributed by atoms with Crippen molar-refractivity contribution in [2.24, 2.45) is 0 Å². The summed E-state index contributed by atoms with van der Waals surface area (Å²) in [6.45, 7) is 6.05. The minimum Gasteiger partial charge on any atom is -0.497 e. The summed E-state index contributed by atoms with van der Waals surface area (Å²) in [6.07, 6.45) is 0. The zero-order valence-electron chi connectivity index (χ0n) is 16.4. The SMILES string of the molecule is COc1ccc(-c2nc(NC(=O)COc3cc(C)ccc3C(C)C)n[nH]2)cc1. The van der Waals surface area contributed by atoms with Crippen molar-refractivity contribution in [2.75, 3.05) is 19.0 Å². The number of hydrogen-bond donors (Lipinski definition) is 2. The second-order valence-corrected chi connectivity index (χ2v) is 6.77. The van der Waals surface area contributed by atoms with E-state index in [1.807, 2.05) is 49.4 Å². The number of nitrogens with zero attached hydrogens (tertiary/aromatic N) is 2. The summed E-state index contributed by atoms with van der Waals surface area (Å²) in [5, 5.41) is 9.49. The van der Waals surface area contributed by atoms with Gasteiger partial charge in [0.1, 0.15) is 11.5 Å². The van der Waals surface area contributed by atoms with Gasteiger partial charge < -0.3 is 9.47 Å². The standard InChI is InChI=1S/C21H24N4O3/c1-13(2)17-10-5-14(3)11-18(17)28-12-19(26)22-21-23-20(24-25-21)15-6-8-16(27-4)9-7-15/h5-11,13H,12H2,1-4H3,(H2,22,23,24,25,26). The molecule has 0 aliphatic rings. The summed E-state index contributed by atoms with van der Waals surface area (Å²) in [5.74, 6) is 2.22. The van der Waals surface area contributed by atoms with Crippen LogP contribution in [-0.4, -0.2) is 34.8 Å². The van der Waals surface area contributed by atoms with Crippen LogP contribution in [0.5, 0.6) is 11.5 Å². The summed E-state index contributed by atoms with van der Waals surface area (Å²) >= 11 is 0. The fraction of sp³-hybridized carbons (Fsp3) is 0.286. The third-order valence-corrected chi connectivity index (χ3v) is 4.25. The van der Waals surface area contributed by atoms with Crippen molar-refractivity contribution in [1.82, 2.24) is 15.2 Å². The number of ether oxygens (including phenoxy) is 2. The number of nitrogens with one attached hydrogen (secondary N) is 2. The second-order valence-electron chi connectivity index (χ2n) is 6.77. The number of methoxy groups -OCH3 is 1. The Labute approximate surface area is 164 Å². The third-order valence-electron chi connectivity index (χ3n) is 4.25. The van der Waals surface area contributed by atoms with Crippen LogP contribution in [0.15, 0.2) is 42.5 Å². The molecule has 2 N–H and O–H groups in total. The van der Waals surface area contributed by atoms with Gasteiger partial charge in [0.15, 0.2) is 12.4 Å². The van der Waals surface area contributed by atoms with Gasteiger partial charge in [-0.15, -0.1) is 5.10 Å². The van der Waals surface area contributed by atoms with Crippen LogP contribution in [0.1, 0.15) is 30.9 Å². The van der Waals surface area contributed by atoms with Gasteiger partial charge in [0, 0.05) is 5.56 Å². The van der Waals surface area contributed by atoms with Crippen LogP contribution in [0.4, 0.5) is 5.95 Å². The molecular weight excluding hydrogens is 356 g/mol. The predicted molar refractivity (Wildman–Crippen MR) is 108 cm³/mol. The molecule has 0 unspecified atom stereocenters. The molecule has 0 aliphatic carbocycles.